The van der Waals surface area contributed by atoms with E-state index in [1.54, 1.807) is 12.1 Å². The van der Waals surface area contributed by atoms with Crippen LogP contribution in [0.2, 0.25) is 0 Å². The Kier molecular flexibility index (Phi) is 4.28. The normalized spacial score (nSPS) is 27.1. The molecule has 3 unspecified atom stereocenters. The first-order chi connectivity index (χ1) is 8.61. The van der Waals surface area contributed by atoms with Crippen molar-refractivity contribution in [2.24, 2.45) is 11.8 Å². The van der Waals surface area contributed by atoms with Gasteiger partial charge in [-0.15, -0.1) is 0 Å². The molecule has 1 aliphatic heterocycles. The van der Waals surface area contributed by atoms with Gasteiger partial charge in [-0.05, 0) is 48.9 Å². The number of hydrogen-bond donors (Lipinski definition) is 1. The standard InChI is InChI=1S/C16H25NO/c1-4-16(14-5-7-15(18)8-6-14)17-10-9-12(2)13(3)11-17/h5-8,12-13,16,18H,4,9-11H2,1-3H3. The first-order valence-corrected chi connectivity index (χ1v) is 7.14. The molecule has 0 amide bonds. The maximum atomic E-state index is 9.38. The molecule has 0 radical (unpaired) electrons. The fourth-order valence-electron chi connectivity index (χ4n) is 2.98. The van der Waals surface area contributed by atoms with Crippen LogP contribution in [0.3, 0.4) is 0 Å². The first kappa shape index (κ1) is 13.4. The van der Waals surface area contributed by atoms with Gasteiger partial charge in [0.05, 0.1) is 0 Å². The second kappa shape index (κ2) is 5.75. The number of phenols is 1. The van der Waals surface area contributed by atoms with E-state index in [0.717, 1.165) is 18.3 Å². The summed E-state index contributed by atoms with van der Waals surface area (Å²) in [6.07, 6.45) is 2.43. The summed E-state index contributed by atoms with van der Waals surface area (Å²) in [6.45, 7) is 9.37. The summed E-state index contributed by atoms with van der Waals surface area (Å²) in [5.74, 6) is 1.98. The minimum atomic E-state index is 0.356. The highest BCUT2D eigenvalue weighted by atomic mass is 16.3. The van der Waals surface area contributed by atoms with Gasteiger partial charge in [-0.2, -0.15) is 0 Å². The highest BCUT2D eigenvalue weighted by Crippen LogP contribution is 2.32. The molecule has 1 saturated heterocycles. The van der Waals surface area contributed by atoms with Gasteiger partial charge < -0.3 is 5.11 Å². The highest BCUT2D eigenvalue weighted by Gasteiger charge is 2.27. The summed E-state index contributed by atoms with van der Waals surface area (Å²) < 4.78 is 0. The van der Waals surface area contributed by atoms with Gasteiger partial charge >= 0.3 is 0 Å². The number of piperidine rings is 1. The number of aromatic hydroxyl groups is 1. The lowest BCUT2D eigenvalue weighted by atomic mass is 9.87. The number of hydrogen-bond acceptors (Lipinski definition) is 2. The maximum Gasteiger partial charge on any atom is 0.115 e. The summed E-state index contributed by atoms with van der Waals surface area (Å²) in [4.78, 5) is 2.61. The Labute approximate surface area is 111 Å². The molecule has 18 heavy (non-hydrogen) atoms. The predicted octanol–water partition coefficient (Wildman–Crippen LogP) is 3.82. The number of rotatable bonds is 3. The van der Waals surface area contributed by atoms with E-state index in [-0.39, 0.29) is 0 Å². The topological polar surface area (TPSA) is 23.5 Å². The van der Waals surface area contributed by atoms with E-state index in [2.05, 4.69) is 37.8 Å². The Morgan fingerprint density at radius 3 is 2.44 bits per heavy atom. The molecule has 100 valence electrons. The third kappa shape index (κ3) is 2.86. The summed E-state index contributed by atoms with van der Waals surface area (Å²) in [7, 11) is 0. The summed E-state index contributed by atoms with van der Waals surface area (Å²) in [5, 5.41) is 9.38. The zero-order valence-electron chi connectivity index (χ0n) is 11.8. The molecule has 1 fully saturated rings. The van der Waals surface area contributed by atoms with Crippen LogP contribution in [0.25, 0.3) is 0 Å². The van der Waals surface area contributed by atoms with E-state index in [1.165, 1.54) is 25.1 Å². The van der Waals surface area contributed by atoms with Crippen molar-refractivity contribution in [2.45, 2.75) is 39.7 Å². The van der Waals surface area contributed by atoms with Crippen molar-refractivity contribution in [3.05, 3.63) is 29.8 Å². The summed E-state index contributed by atoms with van der Waals surface area (Å²) in [6, 6.07) is 8.22. The van der Waals surface area contributed by atoms with E-state index in [4.69, 9.17) is 0 Å². The molecule has 0 aromatic heterocycles. The van der Waals surface area contributed by atoms with E-state index in [1.807, 2.05) is 0 Å². The molecule has 1 aliphatic rings. The van der Waals surface area contributed by atoms with Gasteiger partial charge in [-0.25, -0.2) is 0 Å². The predicted molar refractivity (Wildman–Crippen MR) is 75.7 cm³/mol. The van der Waals surface area contributed by atoms with E-state index < -0.39 is 0 Å². The van der Waals surface area contributed by atoms with Gasteiger partial charge in [0, 0.05) is 12.6 Å². The van der Waals surface area contributed by atoms with Gasteiger partial charge in [-0.3, -0.25) is 4.90 Å². The number of likely N-dealkylation sites (tertiary alicyclic amines) is 1. The van der Waals surface area contributed by atoms with Crippen LogP contribution in [0, 0.1) is 11.8 Å². The molecule has 1 aromatic carbocycles. The molecule has 3 atom stereocenters. The molecule has 0 bridgehead atoms. The van der Waals surface area contributed by atoms with E-state index in [9.17, 15) is 5.11 Å². The SMILES string of the molecule is CCC(c1ccc(O)cc1)N1CCC(C)C(C)C1. The van der Waals surface area contributed by atoms with Crippen LogP contribution in [-0.4, -0.2) is 23.1 Å². The lowest BCUT2D eigenvalue weighted by Gasteiger charge is -2.40. The fraction of sp³-hybridized carbons (Fsp3) is 0.625. The Morgan fingerprint density at radius 2 is 1.89 bits per heavy atom. The van der Waals surface area contributed by atoms with Crippen molar-refractivity contribution in [1.82, 2.24) is 4.90 Å². The van der Waals surface area contributed by atoms with Gasteiger partial charge in [0.15, 0.2) is 0 Å². The van der Waals surface area contributed by atoms with Crippen molar-refractivity contribution in [2.75, 3.05) is 13.1 Å². The van der Waals surface area contributed by atoms with Crippen molar-refractivity contribution >= 4 is 0 Å². The van der Waals surface area contributed by atoms with Crippen molar-refractivity contribution in [3.8, 4) is 5.75 Å². The third-order valence-corrected chi connectivity index (χ3v) is 4.47. The molecule has 2 heteroatoms. The first-order valence-electron chi connectivity index (χ1n) is 7.14. The third-order valence-electron chi connectivity index (χ3n) is 4.47. The average Bonchev–Trinajstić information content (AvgIpc) is 2.37. The van der Waals surface area contributed by atoms with Gasteiger partial charge in [0.25, 0.3) is 0 Å². The number of benzene rings is 1. The highest BCUT2D eigenvalue weighted by molar-refractivity contribution is 5.28. The van der Waals surface area contributed by atoms with Crippen LogP contribution < -0.4 is 0 Å². The molecule has 0 spiro atoms. The summed E-state index contributed by atoms with van der Waals surface area (Å²) >= 11 is 0. The minimum Gasteiger partial charge on any atom is -0.508 e. The van der Waals surface area contributed by atoms with Crippen LogP contribution in [-0.2, 0) is 0 Å². The van der Waals surface area contributed by atoms with Gasteiger partial charge in [0.1, 0.15) is 5.75 Å². The van der Waals surface area contributed by atoms with Crippen LogP contribution in [0.4, 0.5) is 0 Å². The lowest BCUT2D eigenvalue weighted by Crippen LogP contribution is -2.40. The van der Waals surface area contributed by atoms with E-state index in [0.29, 0.717) is 11.8 Å². The Balaban J connectivity index is 2.11. The quantitative estimate of drug-likeness (QED) is 0.877. The molecule has 1 aromatic rings. The molecule has 1 N–H and O–H groups in total. The molecule has 2 nitrogen and oxygen atoms in total. The zero-order valence-corrected chi connectivity index (χ0v) is 11.8. The fourth-order valence-corrected chi connectivity index (χ4v) is 2.98. The Bertz CT molecular complexity index is 373. The Morgan fingerprint density at radius 1 is 1.22 bits per heavy atom. The van der Waals surface area contributed by atoms with Crippen LogP contribution >= 0.6 is 0 Å². The van der Waals surface area contributed by atoms with Crippen molar-refractivity contribution in [3.63, 3.8) is 0 Å². The minimum absolute atomic E-state index is 0.356. The van der Waals surface area contributed by atoms with Gasteiger partial charge in [0.2, 0.25) is 0 Å². The summed E-state index contributed by atoms with van der Waals surface area (Å²) in [5.41, 5.74) is 1.33. The molecule has 0 saturated carbocycles. The van der Waals surface area contributed by atoms with Crippen LogP contribution in [0.1, 0.15) is 45.2 Å². The number of nitrogens with zero attached hydrogens (tertiary/aromatic N) is 1. The second-order valence-corrected chi connectivity index (χ2v) is 5.75. The van der Waals surface area contributed by atoms with Crippen LogP contribution in [0.15, 0.2) is 24.3 Å². The average molecular weight is 247 g/mol. The van der Waals surface area contributed by atoms with E-state index >= 15 is 0 Å². The second-order valence-electron chi connectivity index (χ2n) is 5.75. The monoisotopic (exact) mass is 247 g/mol. The Hall–Kier alpha value is -1.02. The molecule has 2 rings (SSSR count). The van der Waals surface area contributed by atoms with Crippen molar-refractivity contribution < 1.29 is 5.11 Å². The molecular weight excluding hydrogens is 222 g/mol. The smallest absolute Gasteiger partial charge is 0.115 e. The molecular formula is C16H25NO. The van der Waals surface area contributed by atoms with Crippen molar-refractivity contribution in [1.29, 1.82) is 0 Å². The molecule has 0 aliphatic carbocycles. The lowest BCUT2D eigenvalue weighted by molar-refractivity contribution is 0.0930. The number of phenolic OH excluding ortho intramolecular Hbond substituents is 1. The zero-order chi connectivity index (χ0) is 13.1. The van der Waals surface area contributed by atoms with Gasteiger partial charge in [-0.1, -0.05) is 32.9 Å². The van der Waals surface area contributed by atoms with Crippen LogP contribution in [0.5, 0.6) is 5.75 Å². The maximum absolute atomic E-state index is 9.38. The molecule has 1 heterocycles. The largest absolute Gasteiger partial charge is 0.508 e.